The predicted molar refractivity (Wildman–Crippen MR) is 116 cm³/mol. The monoisotopic (exact) mass is 415 g/mol. The Morgan fingerprint density at radius 1 is 1.21 bits per heavy atom. The van der Waals surface area contributed by atoms with E-state index in [1.807, 2.05) is 30.2 Å². The van der Waals surface area contributed by atoms with Gasteiger partial charge in [0.05, 0.1) is 16.9 Å². The van der Waals surface area contributed by atoms with E-state index in [1.165, 1.54) is 23.1 Å². The maximum atomic E-state index is 12.7. The topological polar surface area (TPSA) is 71.0 Å². The molecule has 0 aliphatic carbocycles. The highest BCUT2D eigenvalue weighted by Crippen LogP contribution is 2.28. The van der Waals surface area contributed by atoms with Crippen LogP contribution in [0.5, 0.6) is 0 Å². The van der Waals surface area contributed by atoms with Gasteiger partial charge in [0.2, 0.25) is 5.95 Å². The molecule has 0 bridgehead atoms. The van der Waals surface area contributed by atoms with Crippen molar-refractivity contribution in [3.63, 3.8) is 0 Å². The molecular formula is C20H22ClN5OS. The molecule has 1 aromatic carbocycles. The van der Waals surface area contributed by atoms with E-state index in [9.17, 15) is 4.79 Å². The van der Waals surface area contributed by atoms with Gasteiger partial charge in [-0.1, -0.05) is 35.4 Å². The fourth-order valence-electron chi connectivity index (χ4n) is 2.89. The summed E-state index contributed by atoms with van der Waals surface area (Å²) in [6, 6.07) is 6.21. The van der Waals surface area contributed by atoms with E-state index in [-0.39, 0.29) is 10.7 Å². The number of anilines is 2. The van der Waals surface area contributed by atoms with Crippen molar-refractivity contribution in [2.24, 2.45) is 0 Å². The first-order chi connectivity index (χ1) is 13.4. The quantitative estimate of drug-likeness (QED) is 0.615. The van der Waals surface area contributed by atoms with E-state index in [0.717, 1.165) is 29.9 Å². The van der Waals surface area contributed by atoms with Gasteiger partial charge in [0.15, 0.2) is 10.8 Å². The van der Waals surface area contributed by atoms with Crippen molar-refractivity contribution < 1.29 is 4.79 Å². The van der Waals surface area contributed by atoms with Crippen molar-refractivity contribution >= 4 is 39.9 Å². The first kappa shape index (κ1) is 20.2. The Morgan fingerprint density at radius 3 is 2.64 bits per heavy atom. The molecule has 2 heterocycles. The van der Waals surface area contributed by atoms with Crippen LogP contribution in [0.3, 0.4) is 0 Å². The number of rotatable bonds is 6. The Labute approximate surface area is 173 Å². The van der Waals surface area contributed by atoms with Gasteiger partial charge in [-0.25, -0.2) is 15.0 Å². The SMILES string of the molecule is CCN(CC)c1ncc(Cl)c(C(=O)Nc2nc(-c3ccc(C)cc3C)cs2)n1. The Bertz CT molecular complexity index is 1000. The van der Waals surface area contributed by atoms with Gasteiger partial charge < -0.3 is 4.90 Å². The Hall–Kier alpha value is -2.51. The average molecular weight is 416 g/mol. The number of nitrogens with one attached hydrogen (secondary N) is 1. The summed E-state index contributed by atoms with van der Waals surface area (Å²) in [5, 5.41) is 5.43. The van der Waals surface area contributed by atoms with E-state index >= 15 is 0 Å². The summed E-state index contributed by atoms with van der Waals surface area (Å²) in [4.78, 5) is 27.8. The third-order valence-corrected chi connectivity index (χ3v) is 5.41. The summed E-state index contributed by atoms with van der Waals surface area (Å²) in [5.74, 6) is 0.0805. The molecule has 1 amide bonds. The number of carbonyl (C=O) groups is 1. The van der Waals surface area contributed by atoms with Crippen molar-refractivity contribution in [3.8, 4) is 11.3 Å². The molecule has 3 rings (SSSR count). The van der Waals surface area contributed by atoms with Gasteiger partial charge in [-0.05, 0) is 33.3 Å². The summed E-state index contributed by atoms with van der Waals surface area (Å²) >= 11 is 7.53. The van der Waals surface area contributed by atoms with Gasteiger partial charge >= 0.3 is 0 Å². The molecule has 3 aromatic rings. The second kappa shape index (κ2) is 8.67. The van der Waals surface area contributed by atoms with E-state index in [4.69, 9.17) is 11.6 Å². The number of nitrogens with zero attached hydrogens (tertiary/aromatic N) is 4. The van der Waals surface area contributed by atoms with Gasteiger partial charge in [-0.2, -0.15) is 0 Å². The zero-order valence-electron chi connectivity index (χ0n) is 16.3. The molecule has 0 unspecified atom stereocenters. The van der Waals surface area contributed by atoms with Crippen LogP contribution in [0.2, 0.25) is 5.02 Å². The molecule has 0 fully saturated rings. The van der Waals surface area contributed by atoms with Crippen LogP contribution >= 0.6 is 22.9 Å². The van der Waals surface area contributed by atoms with Crippen LogP contribution < -0.4 is 10.2 Å². The smallest absolute Gasteiger partial charge is 0.277 e. The number of benzene rings is 1. The number of hydrogen-bond donors (Lipinski definition) is 1. The van der Waals surface area contributed by atoms with Crippen LogP contribution in [-0.4, -0.2) is 33.9 Å². The molecule has 8 heteroatoms. The largest absolute Gasteiger partial charge is 0.341 e. The number of amides is 1. The van der Waals surface area contributed by atoms with E-state index in [0.29, 0.717) is 11.1 Å². The lowest BCUT2D eigenvalue weighted by atomic mass is 10.0. The van der Waals surface area contributed by atoms with Crippen LogP contribution in [-0.2, 0) is 0 Å². The summed E-state index contributed by atoms with van der Waals surface area (Å²) in [6.07, 6.45) is 1.46. The number of aromatic nitrogens is 3. The highest BCUT2D eigenvalue weighted by molar-refractivity contribution is 7.14. The summed E-state index contributed by atoms with van der Waals surface area (Å²) < 4.78 is 0. The highest BCUT2D eigenvalue weighted by Gasteiger charge is 2.18. The Morgan fingerprint density at radius 2 is 1.96 bits per heavy atom. The number of thiazole rings is 1. The molecular weight excluding hydrogens is 394 g/mol. The molecule has 0 atom stereocenters. The minimum atomic E-state index is -0.401. The van der Waals surface area contributed by atoms with E-state index < -0.39 is 5.91 Å². The molecule has 28 heavy (non-hydrogen) atoms. The number of hydrogen-bond acceptors (Lipinski definition) is 6. The second-order valence-electron chi connectivity index (χ2n) is 6.35. The Kier molecular flexibility index (Phi) is 6.26. The maximum absolute atomic E-state index is 12.7. The molecule has 146 valence electrons. The normalized spacial score (nSPS) is 10.8. The summed E-state index contributed by atoms with van der Waals surface area (Å²) in [6.45, 7) is 9.60. The second-order valence-corrected chi connectivity index (χ2v) is 7.61. The third kappa shape index (κ3) is 4.31. The molecule has 0 aliphatic heterocycles. The minimum absolute atomic E-state index is 0.141. The van der Waals surface area contributed by atoms with Crippen molar-refractivity contribution in [2.45, 2.75) is 27.7 Å². The standard InChI is InChI=1S/C20H22ClN5OS/c1-5-26(6-2)19-22-10-15(21)17(24-19)18(27)25-20-23-16(11-28-20)14-8-7-12(3)9-13(14)4/h7-11H,5-6H2,1-4H3,(H,23,25,27). The molecule has 0 saturated carbocycles. The number of carbonyl (C=O) groups excluding carboxylic acids is 1. The molecule has 6 nitrogen and oxygen atoms in total. The lowest BCUT2D eigenvalue weighted by Gasteiger charge is -2.18. The molecule has 0 spiro atoms. The summed E-state index contributed by atoms with van der Waals surface area (Å²) in [5.41, 5.74) is 4.36. The van der Waals surface area contributed by atoms with E-state index in [1.54, 1.807) is 0 Å². The maximum Gasteiger partial charge on any atom is 0.277 e. The van der Waals surface area contributed by atoms with Gasteiger partial charge in [0, 0.05) is 24.0 Å². The van der Waals surface area contributed by atoms with E-state index in [2.05, 4.69) is 46.2 Å². The first-order valence-electron chi connectivity index (χ1n) is 9.04. The van der Waals surface area contributed by atoms with Gasteiger partial charge in [-0.15, -0.1) is 11.3 Å². The van der Waals surface area contributed by atoms with Crippen molar-refractivity contribution in [1.82, 2.24) is 15.0 Å². The fourth-order valence-corrected chi connectivity index (χ4v) is 3.77. The number of aryl methyl sites for hydroxylation is 2. The molecule has 0 radical (unpaired) electrons. The Balaban J connectivity index is 1.82. The average Bonchev–Trinajstić information content (AvgIpc) is 3.12. The van der Waals surface area contributed by atoms with Crippen molar-refractivity contribution in [2.75, 3.05) is 23.3 Å². The molecule has 0 saturated heterocycles. The predicted octanol–water partition coefficient (Wildman–Crippen LogP) is 4.97. The van der Waals surface area contributed by atoms with Crippen LogP contribution in [0.1, 0.15) is 35.5 Å². The first-order valence-corrected chi connectivity index (χ1v) is 10.3. The van der Waals surface area contributed by atoms with Crippen molar-refractivity contribution in [3.05, 3.63) is 51.6 Å². The van der Waals surface area contributed by atoms with Crippen LogP contribution in [0.15, 0.2) is 29.8 Å². The zero-order valence-corrected chi connectivity index (χ0v) is 17.9. The van der Waals surface area contributed by atoms with Crippen molar-refractivity contribution in [1.29, 1.82) is 0 Å². The van der Waals surface area contributed by atoms with Crippen LogP contribution in [0, 0.1) is 13.8 Å². The lowest BCUT2D eigenvalue weighted by Crippen LogP contribution is -2.25. The fraction of sp³-hybridized carbons (Fsp3) is 0.300. The summed E-state index contributed by atoms with van der Waals surface area (Å²) in [7, 11) is 0. The van der Waals surface area contributed by atoms with Gasteiger partial charge in [-0.3, -0.25) is 10.1 Å². The molecule has 1 N–H and O–H groups in total. The lowest BCUT2D eigenvalue weighted by molar-refractivity contribution is 0.102. The number of halogens is 1. The van der Waals surface area contributed by atoms with Crippen LogP contribution in [0.4, 0.5) is 11.1 Å². The zero-order chi connectivity index (χ0) is 20.3. The third-order valence-electron chi connectivity index (χ3n) is 4.38. The van der Waals surface area contributed by atoms with Gasteiger partial charge in [0.25, 0.3) is 5.91 Å². The van der Waals surface area contributed by atoms with Gasteiger partial charge in [0.1, 0.15) is 0 Å². The molecule has 0 aliphatic rings. The molecule has 2 aromatic heterocycles. The van der Waals surface area contributed by atoms with Crippen LogP contribution in [0.25, 0.3) is 11.3 Å². The minimum Gasteiger partial charge on any atom is -0.341 e. The highest BCUT2D eigenvalue weighted by atomic mass is 35.5.